The Hall–Kier alpha value is -3.85. The topological polar surface area (TPSA) is 122 Å². The van der Waals surface area contributed by atoms with Crippen molar-refractivity contribution in [1.29, 1.82) is 0 Å². The molecule has 212 valence electrons. The number of sulfonamides is 1. The van der Waals surface area contributed by atoms with Crippen molar-refractivity contribution in [1.82, 2.24) is 10.0 Å². The summed E-state index contributed by atoms with van der Waals surface area (Å²) in [5.74, 6) is -0.160. The van der Waals surface area contributed by atoms with E-state index >= 15 is 0 Å². The minimum Gasteiger partial charge on any atom is -0.507 e. The van der Waals surface area contributed by atoms with E-state index in [4.69, 9.17) is 4.74 Å². The van der Waals surface area contributed by atoms with Crippen LogP contribution in [-0.4, -0.2) is 31.6 Å². The fourth-order valence-corrected chi connectivity index (χ4v) is 4.13. The number of carbonyl (C=O) groups excluding carboxylic acids is 2. The summed E-state index contributed by atoms with van der Waals surface area (Å²) in [5.41, 5.74) is 3.52. The zero-order valence-corrected chi connectivity index (χ0v) is 24.6. The van der Waals surface area contributed by atoms with Gasteiger partial charge in [-0.15, -0.1) is 0 Å². The van der Waals surface area contributed by atoms with Crippen LogP contribution in [0.25, 0.3) is 0 Å². The Balaban J connectivity index is 0.00000181. The van der Waals surface area contributed by atoms with Crippen LogP contribution in [0.2, 0.25) is 0 Å². The van der Waals surface area contributed by atoms with Gasteiger partial charge in [0.05, 0.1) is 11.8 Å². The lowest BCUT2D eigenvalue weighted by atomic mass is 10.0. The largest absolute Gasteiger partial charge is 0.507 e. The SMILES string of the molecule is CC.CC.Cc1cc(CCC(=O)NS(C)(=O)=O)cc(C)c1Oc1ccc(O)c(C(=O)NCc2ccccc2)c1. The highest BCUT2D eigenvalue weighted by atomic mass is 32.2. The Morgan fingerprint density at radius 2 is 1.46 bits per heavy atom. The summed E-state index contributed by atoms with van der Waals surface area (Å²) < 4.78 is 30.4. The molecule has 0 unspecified atom stereocenters. The van der Waals surface area contributed by atoms with E-state index < -0.39 is 21.8 Å². The van der Waals surface area contributed by atoms with Crippen molar-refractivity contribution in [2.75, 3.05) is 6.26 Å². The molecule has 0 bridgehead atoms. The Morgan fingerprint density at radius 3 is 2.03 bits per heavy atom. The fraction of sp³-hybridized carbons (Fsp3) is 0.333. The first-order valence-electron chi connectivity index (χ1n) is 13.0. The molecule has 39 heavy (non-hydrogen) atoms. The van der Waals surface area contributed by atoms with Gasteiger partial charge in [-0.1, -0.05) is 70.2 Å². The summed E-state index contributed by atoms with van der Waals surface area (Å²) in [6.45, 7) is 12.0. The molecule has 0 spiro atoms. The Bertz CT molecular complexity index is 1320. The van der Waals surface area contributed by atoms with Gasteiger partial charge in [0.1, 0.15) is 17.2 Å². The number of ether oxygens (including phenoxy) is 1. The van der Waals surface area contributed by atoms with Crippen molar-refractivity contribution in [2.24, 2.45) is 0 Å². The second-order valence-corrected chi connectivity index (χ2v) is 10.1. The molecule has 0 heterocycles. The minimum absolute atomic E-state index is 0.0333. The van der Waals surface area contributed by atoms with Crippen molar-refractivity contribution in [2.45, 2.75) is 60.9 Å². The van der Waals surface area contributed by atoms with Crippen molar-refractivity contribution >= 4 is 21.8 Å². The molecule has 0 aliphatic carbocycles. The average Bonchev–Trinajstić information content (AvgIpc) is 2.91. The van der Waals surface area contributed by atoms with Crippen molar-refractivity contribution in [3.05, 3.63) is 88.5 Å². The maximum atomic E-state index is 12.6. The number of amides is 2. The summed E-state index contributed by atoms with van der Waals surface area (Å²) in [6, 6.07) is 17.6. The van der Waals surface area contributed by atoms with Gasteiger partial charge < -0.3 is 15.2 Å². The molecule has 3 rings (SSSR count). The van der Waals surface area contributed by atoms with Crippen LogP contribution in [0.15, 0.2) is 60.7 Å². The van der Waals surface area contributed by atoms with Gasteiger partial charge in [-0.05, 0) is 60.7 Å². The van der Waals surface area contributed by atoms with Crippen molar-refractivity contribution < 1.29 is 27.9 Å². The van der Waals surface area contributed by atoms with E-state index in [0.29, 0.717) is 24.5 Å². The summed E-state index contributed by atoms with van der Waals surface area (Å²) in [4.78, 5) is 24.4. The van der Waals surface area contributed by atoms with E-state index in [1.807, 2.05) is 88.7 Å². The first kappa shape index (κ1) is 33.2. The van der Waals surface area contributed by atoms with Crippen LogP contribution in [0.1, 0.15) is 66.7 Å². The predicted molar refractivity (Wildman–Crippen MR) is 156 cm³/mol. The highest BCUT2D eigenvalue weighted by molar-refractivity contribution is 7.89. The molecule has 3 N–H and O–H groups in total. The smallest absolute Gasteiger partial charge is 0.255 e. The van der Waals surface area contributed by atoms with E-state index in [2.05, 4.69) is 5.32 Å². The van der Waals surface area contributed by atoms with Crippen LogP contribution in [0.3, 0.4) is 0 Å². The molecule has 0 fully saturated rings. The Morgan fingerprint density at radius 1 is 0.872 bits per heavy atom. The first-order chi connectivity index (χ1) is 18.5. The molecular weight excluding hydrogens is 516 g/mol. The van der Waals surface area contributed by atoms with Crippen LogP contribution >= 0.6 is 0 Å². The third kappa shape index (κ3) is 11.2. The fourth-order valence-electron chi connectivity index (χ4n) is 3.61. The molecule has 3 aromatic carbocycles. The maximum Gasteiger partial charge on any atom is 0.255 e. The standard InChI is InChI=1S/C26H28N2O6S.2C2H6/c1-17-13-20(9-12-24(30)28-35(3,32)33)14-18(2)25(17)34-21-10-11-23(29)22(15-21)26(31)27-16-19-7-5-4-6-8-19;2*1-2/h4-8,10-11,13-15,29H,9,12,16H2,1-3H3,(H,27,31)(H,28,30);2*1-2H3. The lowest BCUT2D eigenvalue weighted by Crippen LogP contribution is -2.29. The third-order valence-electron chi connectivity index (χ3n) is 5.19. The van der Waals surface area contributed by atoms with Crippen LogP contribution < -0.4 is 14.8 Å². The van der Waals surface area contributed by atoms with Crippen LogP contribution in [-0.2, 0) is 27.8 Å². The van der Waals surface area contributed by atoms with Gasteiger partial charge in [-0.25, -0.2) is 8.42 Å². The van der Waals surface area contributed by atoms with Crippen LogP contribution in [0, 0.1) is 13.8 Å². The maximum absolute atomic E-state index is 12.6. The molecule has 0 atom stereocenters. The number of aryl methyl sites for hydroxylation is 3. The summed E-state index contributed by atoms with van der Waals surface area (Å²) in [6.07, 6.45) is 1.34. The summed E-state index contributed by atoms with van der Waals surface area (Å²) in [5, 5.41) is 13.0. The Kier molecular flexibility index (Phi) is 13.8. The molecule has 0 aliphatic rings. The monoisotopic (exact) mass is 556 g/mol. The molecular formula is C30H40N2O6S. The number of hydrogen-bond acceptors (Lipinski definition) is 6. The van der Waals surface area contributed by atoms with Crippen LogP contribution in [0.4, 0.5) is 0 Å². The molecule has 2 amide bonds. The number of hydrogen-bond donors (Lipinski definition) is 3. The number of phenols is 1. The summed E-state index contributed by atoms with van der Waals surface area (Å²) >= 11 is 0. The van der Waals surface area contributed by atoms with E-state index in [9.17, 15) is 23.1 Å². The van der Waals surface area contributed by atoms with Crippen molar-refractivity contribution in [3.63, 3.8) is 0 Å². The van der Waals surface area contributed by atoms with Gasteiger partial charge in [0.15, 0.2) is 0 Å². The van der Waals surface area contributed by atoms with E-state index in [1.54, 1.807) is 6.07 Å². The molecule has 0 saturated carbocycles. The van der Waals surface area contributed by atoms with Gasteiger partial charge in [0.25, 0.3) is 5.91 Å². The lowest BCUT2D eigenvalue weighted by Gasteiger charge is -2.15. The van der Waals surface area contributed by atoms with Gasteiger partial charge in [0, 0.05) is 13.0 Å². The molecule has 0 saturated heterocycles. The molecule has 9 heteroatoms. The molecule has 0 aliphatic heterocycles. The lowest BCUT2D eigenvalue weighted by molar-refractivity contribution is -0.119. The second kappa shape index (κ2) is 16.2. The number of benzene rings is 3. The van der Waals surface area contributed by atoms with Gasteiger partial charge in [0.2, 0.25) is 15.9 Å². The van der Waals surface area contributed by atoms with E-state index in [-0.39, 0.29) is 17.7 Å². The van der Waals surface area contributed by atoms with Crippen LogP contribution in [0.5, 0.6) is 17.2 Å². The third-order valence-corrected chi connectivity index (χ3v) is 5.79. The van der Waals surface area contributed by atoms with Gasteiger partial charge in [-0.2, -0.15) is 0 Å². The van der Waals surface area contributed by atoms with Crippen molar-refractivity contribution in [3.8, 4) is 17.2 Å². The van der Waals surface area contributed by atoms with Gasteiger partial charge >= 0.3 is 0 Å². The number of aromatic hydroxyl groups is 1. The highest BCUT2D eigenvalue weighted by Gasteiger charge is 2.15. The zero-order valence-electron chi connectivity index (χ0n) is 23.8. The molecule has 0 aromatic heterocycles. The zero-order chi connectivity index (χ0) is 29.6. The predicted octanol–water partition coefficient (Wildman–Crippen LogP) is 5.79. The number of carbonyl (C=O) groups is 2. The second-order valence-electron chi connectivity index (χ2n) is 8.31. The van der Waals surface area contributed by atoms with E-state index in [1.165, 1.54) is 12.1 Å². The first-order valence-corrected chi connectivity index (χ1v) is 14.8. The number of phenolic OH excluding ortho intramolecular Hbond substituents is 1. The minimum atomic E-state index is -3.58. The number of rotatable bonds is 9. The Labute approximate surface area is 232 Å². The average molecular weight is 557 g/mol. The molecule has 0 radical (unpaired) electrons. The van der Waals surface area contributed by atoms with Gasteiger partial charge in [-0.3, -0.25) is 14.3 Å². The normalized spacial score (nSPS) is 10.2. The highest BCUT2D eigenvalue weighted by Crippen LogP contribution is 2.32. The summed E-state index contributed by atoms with van der Waals surface area (Å²) in [7, 11) is -3.58. The van der Waals surface area contributed by atoms with E-state index in [0.717, 1.165) is 28.5 Å². The quantitative estimate of drug-likeness (QED) is 0.307. The number of nitrogens with one attached hydrogen (secondary N) is 2. The molecule has 3 aromatic rings. The molecule has 8 nitrogen and oxygen atoms in total.